The molecule has 0 aliphatic carbocycles. The number of aliphatic hydroxyl groups is 1. The number of carbonyl (C=O) groups is 1. The van der Waals surface area contributed by atoms with Crippen LogP contribution in [0.4, 0.5) is 4.79 Å². The summed E-state index contributed by atoms with van der Waals surface area (Å²) < 4.78 is 0. The van der Waals surface area contributed by atoms with Crippen LogP contribution in [-0.2, 0) is 0 Å². The van der Waals surface area contributed by atoms with Crippen LogP contribution in [0.1, 0.15) is 19.8 Å². The van der Waals surface area contributed by atoms with Crippen molar-refractivity contribution in [2.75, 3.05) is 13.1 Å². The summed E-state index contributed by atoms with van der Waals surface area (Å²) in [5.74, 6) is 0.263. The molecular formula is C8H15NO3. The van der Waals surface area contributed by atoms with Gasteiger partial charge in [0.05, 0.1) is 6.10 Å². The molecule has 1 aliphatic rings. The Kier molecular flexibility index (Phi) is 2.92. The maximum atomic E-state index is 10.6. The molecule has 0 saturated carbocycles. The molecule has 1 aliphatic heterocycles. The van der Waals surface area contributed by atoms with Gasteiger partial charge in [-0.05, 0) is 18.8 Å². The van der Waals surface area contributed by atoms with Crippen LogP contribution in [0.15, 0.2) is 0 Å². The first kappa shape index (κ1) is 9.32. The number of rotatable bonds is 0. The van der Waals surface area contributed by atoms with E-state index < -0.39 is 6.09 Å². The SMILES string of the molecule is CC1CC(O)CCN(C(=O)O)C1. The molecule has 70 valence electrons. The smallest absolute Gasteiger partial charge is 0.407 e. The van der Waals surface area contributed by atoms with Gasteiger partial charge in [-0.1, -0.05) is 6.92 Å². The maximum absolute atomic E-state index is 10.6. The summed E-state index contributed by atoms with van der Waals surface area (Å²) in [6.45, 7) is 2.97. The van der Waals surface area contributed by atoms with Crippen molar-refractivity contribution < 1.29 is 15.0 Å². The molecule has 0 aromatic carbocycles. The first-order valence-corrected chi connectivity index (χ1v) is 4.25. The molecule has 0 bridgehead atoms. The normalized spacial score (nSPS) is 31.3. The Morgan fingerprint density at radius 2 is 2.25 bits per heavy atom. The van der Waals surface area contributed by atoms with Crippen molar-refractivity contribution in [1.82, 2.24) is 4.90 Å². The second-order valence-electron chi connectivity index (χ2n) is 3.51. The fourth-order valence-corrected chi connectivity index (χ4v) is 1.60. The van der Waals surface area contributed by atoms with Crippen molar-refractivity contribution in [2.24, 2.45) is 5.92 Å². The van der Waals surface area contributed by atoms with Gasteiger partial charge in [0, 0.05) is 13.1 Å². The number of carboxylic acid groups (broad SMARTS) is 1. The minimum atomic E-state index is -0.879. The molecule has 4 heteroatoms. The molecule has 4 nitrogen and oxygen atoms in total. The standard InChI is InChI=1S/C8H15NO3/c1-6-4-7(10)2-3-9(5-6)8(11)12/h6-7,10H,2-5H2,1H3,(H,11,12). The van der Waals surface area contributed by atoms with Crippen LogP contribution >= 0.6 is 0 Å². The van der Waals surface area contributed by atoms with Crippen molar-refractivity contribution in [3.05, 3.63) is 0 Å². The fourth-order valence-electron chi connectivity index (χ4n) is 1.60. The highest BCUT2D eigenvalue weighted by Crippen LogP contribution is 2.16. The van der Waals surface area contributed by atoms with Crippen LogP contribution in [0, 0.1) is 5.92 Å². The van der Waals surface area contributed by atoms with Gasteiger partial charge >= 0.3 is 6.09 Å². The van der Waals surface area contributed by atoms with Gasteiger partial charge in [-0.3, -0.25) is 0 Å². The molecule has 1 heterocycles. The summed E-state index contributed by atoms with van der Waals surface area (Å²) in [6, 6.07) is 0. The topological polar surface area (TPSA) is 60.8 Å². The first-order valence-electron chi connectivity index (χ1n) is 4.25. The molecule has 2 unspecified atom stereocenters. The zero-order chi connectivity index (χ0) is 9.14. The van der Waals surface area contributed by atoms with Crippen molar-refractivity contribution >= 4 is 6.09 Å². The molecule has 0 spiro atoms. The van der Waals surface area contributed by atoms with E-state index in [9.17, 15) is 9.90 Å². The second kappa shape index (κ2) is 3.76. The van der Waals surface area contributed by atoms with Crippen molar-refractivity contribution in [1.29, 1.82) is 0 Å². The lowest BCUT2D eigenvalue weighted by atomic mass is 10.0. The van der Waals surface area contributed by atoms with Crippen LogP contribution < -0.4 is 0 Å². The molecule has 0 aromatic heterocycles. The van der Waals surface area contributed by atoms with E-state index in [1.165, 1.54) is 4.90 Å². The first-order chi connectivity index (χ1) is 5.59. The Labute approximate surface area is 71.8 Å². The van der Waals surface area contributed by atoms with Crippen LogP contribution in [0.25, 0.3) is 0 Å². The van der Waals surface area contributed by atoms with E-state index in [2.05, 4.69) is 0 Å². The van der Waals surface area contributed by atoms with E-state index in [1.807, 2.05) is 6.92 Å². The third kappa shape index (κ3) is 2.37. The highest BCUT2D eigenvalue weighted by atomic mass is 16.4. The Hall–Kier alpha value is -0.770. The summed E-state index contributed by atoms with van der Waals surface area (Å²) in [7, 11) is 0. The van der Waals surface area contributed by atoms with Gasteiger partial charge < -0.3 is 15.1 Å². The molecule has 0 radical (unpaired) electrons. The fraction of sp³-hybridized carbons (Fsp3) is 0.875. The predicted octanol–water partition coefficient (Wildman–Crippen LogP) is 0.757. The van der Waals surface area contributed by atoms with Gasteiger partial charge in [0.1, 0.15) is 0 Å². The van der Waals surface area contributed by atoms with Gasteiger partial charge in [-0.2, -0.15) is 0 Å². The van der Waals surface area contributed by atoms with E-state index in [0.29, 0.717) is 25.9 Å². The maximum Gasteiger partial charge on any atom is 0.407 e. The van der Waals surface area contributed by atoms with Crippen LogP contribution in [0.3, 0.4) is 0 Å². The Balaban J connectivity index is 2.52. The van der Waals surface area contributed by atoms with E-state index in [0.717, 1.165) is 0 Å². The quantitative estimate of drug-likeness (QED) is 0.568. The van der Waals surface area contributed by atoms with E-state index in [1.54, 1.807) is 0 Å². The average molecular weight is 173 g/mol. The van der Waals surface area contributed by atoms with E-state index >= 15 is 0 Å². The molecule has 0 aromatic rings. The molecule has 1 saturated heterocycles. The monoisotopic (exact) mass is 173 g/mol. The Bertz CT molecular complexity index is 172. The lowest BCUT2D eigenvalue weighted by Gasteiger charge is -2.18. The molecule has 2 atom stereocenters. The van der Waals surface area contributed by atoms with Crippen molar-refractivity contribution in [3.8, 4) is 0 Å². The summed E-state index contributed by atoms with van der Waals surface area (Å²) in [5.41, 5.74) is 0. The number of nitrogens with zero attached hydrogens (tertiary/aromatic N) is 1. The van der Waals surface area contributed by atoms with Crippen LogP contribution in [-0.4, -0.2) is 40.4 Å². The Morgan fingerprint density at radius 1 is 1.58 bits per heavy atom. The summed E-state index contributed by atoms with van der Waals surface area (Å²) in [6.07, 6.45) is 0.0701. The molecular weight excluding hydrogens is 158 g/mol. The largest absolute Gasteiger partial charge is 0.465 e. The zero-order valence-electron chi connectivity index (χ0n) is 7.23. The third-order valence-electron chi connectivity index (χ3n) is 2.21. The molecule has 12 heavy (non-hydrogen) atoms. The van der Waals surface area contributed by atoms with Gasteiger partial charge in [0.15, 0.2) is 0 Å². The number of aliphatic hydroxyl groups excluding tert-OH is 1. The molecule has 1 rings (SSSR count). The van der Waals surface area contributed by atoms with Gasteiger partial charge in [0.25, 0.3) is 0 Å². The third-order valence-corrected chi connectivity index (χ3v) is 2.21. The minimum Gasteiger partial charge on any atom is -0.465 e. The summed E-state index contributed by atoms with van der Waals surface area (Å²) in [4.78, 5) is 12.0. The molecule has 1 amide bonds. The summed E-state index contributed by atoms with van der Waals surface area (Å²) >= 11 is 0. The Morgan fingerprint density at radius 3 is 2.83 bits per heavy atom. The molecule has 2 N–H and O–H groups in total. The van der Waals surface area contributed by atoms with Crippen molar-refractivity contribution in [2.45, 2.75) is 25.9 Å². The number of hydrogen-bond acceptors (Lipinski definition) is 2. The lowest BCUT2D eigenvalue weighted by Crippen LogP contribution is -2.32. The van der Waals surface area contributed by atoms with Crippen LogP contribution in [0.5, 0.6) is 0 Å². The van der Waals surface area contributed by atoms with Gasteiger partial charge in [-0.15, -0.1) is 0 Å². The number of likely N-dealkylation sites (tertiary alicyclic amines) is 1. The number of amides is 1. The molecule has 1 fully saturated rings. The summed E-state index contributed by atoms with van der Waals surface area (Å²) in [5, 5.41) is 18.1. The van der Waals surface area contributed by atoms with Gasteiger partial charge in [0.2, 0.25) is 0 Å². The number of hydrogen-bond donors (Lipinski definition) is 2. The zero-order valence-corrected chi connectivity index (χ0v) is 7.23. The average Bonchev–Trinajstić information content (AvgIpc) is 2.11. The lowest BCUT2D eigenvalue weighted by molar-refractivity contribution is 0.137. The van der Waals surface area contributed by atoms with Crippen molar-refractivity contribution in [3.63, 3.8) is 0 Å². The highest BCUT2D eigenvalue weighted by Gasteiger charge is 2.22. The van der Waals surface area contributed by atoms with E-state index in [-0.39, 0.29) is 12.0 Å². The minimum absolute atomic E-state index is 0.263. The predicted molar refractivity (Wildman–Crippen MR) is 44.0 cm³/mol. The highest BCUT2D eigenvalue weighted by molar-refractivity contribution is 5.64. The van der Waals surface area contributed by atoms with Crippen LogP contribution in [0.2, 0.25) is 0 Å². The van der Waals surface area contributed by atoms with E-state index in [4.69, 9.17) is 5.11 Å². The second-order valence-corrected chi connectivity index (χ2v) is 3.51. The van der Waals surface area contributed by atoms with Gasteiger partial charge in [-0.25, -0.2) is 4.79 Å².